The molecule has 2 heterocycles. The maximum absolute atomic E-state index is 13.8. The first-order valence-corrected chi connectivity index (χ1v) is 10.1. The van der Waals surface area contributed by atoms with Crippen molar-refractivity contribution in [2.75, 3.05) is 42.9 Å². The molecule has 2 aliphatic rings. The second-order valence-electron chi connectivity index (χ2n) is 7.60. The molecule has 1 atom stereocenters. The van der Waals surface area contributed by atoms with Gasteiger partial charge in [-0.25, -0.2) is 4.39 Å². The average molecular weight is 434 g/mol. The van der Waals surface area contributed by atoms with Crippen molar-refractivity contribution in [2.24, 2.45) is 4.99 Å². The van der Waals surface area contributed by atoms with E-state index in [0.29, 0.717) is 37.4 Å². The van der Waals surface area contributed by atoms with Gasteiger partial charge in [0.25, 0.3) is 0 Å². The maximum Gasteiger partial charge on any atom is 0.418 e. The highest BCUT2D eigenvalue weighted by atomic mass is 19.4. The third kappa shape index (κ3) is 4.41. The quantitative estimate of drug-likeness (QED) is 0.572. The van der Waals surface area contributed by atoms with Gasteiger partial charge in [-0.3, -0.25) is 9.79 Å². The van der Waals surface area contributed by atoms with E-state index in [-0.39, 0.29) is 11.4 Å². The predicted octanol–water partition coefficient (Wildman–Crippen LogP) is 4.42. The van der Waals surface area contributed by atoms with Gasteiger partial charge in [-0.1, -0.05) is 6.92 Å². The van der Waals surface area contributed by atoms with Crippen molar-refractivity contribution in [3.63, 3.8) is 0 Å². The number of hydrogen-bond acceptors (Lipinski definition) is 4. The molecular weight excluding hydrogens is 412 g/mol. The van der Waals surface area contributed by atoms with Gasteiger partial charge in [0.15, 0.2) is 0 Å². The van der Waals surface area contributed by atoms with Crippen LogP contribution in [0.1, 0.15) is 24.0 Å². The highest BCUT2D eigenvalue weighted by molar-refractivity contribution is 6.12. The number of nitrogens with zero attached hydrogens (tertiary/aromatic N) is 3. The Morgan fingerprint density at radius 1 is 1.13 bits per heavy atom. The van der Waals surface area contributed by atoms with Crippen molar-refractivity contribution in [3.05, 3.63) is 53.3 Å². The van der Waals surface area contributed by atoms with Crippen LogP contribution in [0.25, 0.3) is 0 Å². The molecule has 1 fully saturated rings. The van der Waals surface area contributed by atoms with Crippen molar-refractivity contribution < 1.29 is 22.4 Å². The molecule has 0 aliphatic carbocycles. The van der Waals surface area contributed by atoms with Crippen molar-refractivity contribution in [2.45, 2.75) is 19.0 Å². The van der Waals surface area contributed by atoms with E-state index in [2.05, 4.69) is 15.2 Å². The highest BCUT2D eigenvalue weighted by Gasteiger charge is 2.36. The van der Waals surface area contributed by atoms with Crippen LogP contribution in [0.2, 0.25) is 0 Å². The van der Waals surface area contributed by atoms with Crippen molar-refractivity contribution in [3.8, 4) is 0 Å². The molecule has 2 aromatic carbocycles. The van der Waals surface area contributed by atoms with E-state index in [0.717, 1.165) is 12.6 Å². The number of aliphatic imine (C=N–C) groups is 1. The molecule has 2 aliphatic heterocycles. The normalized spacial score (nSPS) is 19.7. The highest BCUT2D eigenvalue weighted by Crippen LogP contribution is 2.39. The summed E-state index contributed by atoms with van der Waals surface area (Å²) in [6.07, 6.45) is -3.28. The monoisotopic (exact) mass is 434 g/mol. The van der Waals surface area contributed by atoms with E-state index in [1.807, 2.05) is 6.92 Å². The number of carbonyl (C=O) groups is 1. The third-order valence-corrected chi connectivity index (χ3v) is 5.71. The number of hydrogen-bond donors (Lipinski definition) is 1. The van der Waals surface area contributed by atoms with Gasteiger partial charge in [-0.05, 0) is 48.5 Å². The lowest BCUT2D eigenvalue weighted by Crippen LogP contribution is -2.46. The Morgan fingerprint density at radius 2 is 1.87 bits per heavy atom. The zero-order chi connectivity index (χ0) is 22.2. The molecule has 0 spiro atoms. The zero-order valence-corrected chi connectivity index (χ0v) is 16.9. The number of anilines is 2. The molecule has 31 heavy (non-hydrogen) atoms. The second kappa shape index (κ2) is 8.30. The summed E-state index contributed by atoms with van der Waals surface area (Å²) in [7, 11) is 0. The number of benzene rings is 2. The summed E-state index contributed by atoms with van der Waals surface area (Å²) in [5.41, 5.74) is 0.346. The summed E-state index contributed by atoms with van der Waals surface area (Å²) >= 11 is 0. The molecule has 164 valence electrons. The van der Waals surface area contributed by atoms with Crippen LogP contribution in [0.5, 0.6) is 0 Å². The maximum atomic E-state index is 13.8. The van der Waals surface area contributed by atoms with E-state index in [1.54, 1.807) is 4.90 Å². The molecule has 0 radical (unpaired) electrons. The minimum Gasteiger partial charge on any atom is -0.368 e. The molecule has 9 heteroatoms. The number of alkyl halides is 3. The summed E-state index contributed by atoms with van der Waals surface area (Å²) in [5, 5.41) is 2.62. The van der Waals surface area contributed by atoms with Crippen LogP contribution in [0.15, 0.2) is 41.4 Å². The van der Waals surface area contributed by atoms with Crippen molar-refractivity contribution in [1.29, 1.82) is 0 Å². The Bertz CT molecular complexity index is 1010. The van der Waals surface area contributed by atoms with Crippen LogP contribution in [-0.4, -0.2) is 49.7 Å². The standard InChI is InChI=1S/C22H22F4N4O/c1-2-29-7-9-30(10-8-29)20-6-4-15(12-18(20)22(24,25)26)27-13-17-16-11-14(23)3-5-19(16)28-21(17)31/h3-6,11-13,17H,2,7-10H2,1H3,(H,28,31). The minimum absolute atomic E-state index is 0.0842. The summed E-state index contributed by atoms with van der Waals surface area (Å²) in [5.74, 6) is -1.76. The van der Waals surface area contributed by atoms with Crippen LogP contribution < -0.4 is 10.2 Å². The molecule has 4 rings (SSSR count). The molecule has 2 aromatic rings. The molecule has 0 saturated carbocycles. The van der Waals surface area contributed by atoms with E-state index < -0.39 is 29.4 Å². The number of fused-ring (bicyclic) bond motifs is 1. The van der Waals surface area contributed by atoms with Crippen LogP contribution >= 0.6 is 0 Å². The summed E-state index contributed by atoms with van der Waals surface area (Å²) in [4.78, 5) is 20.2. The van der Waals surface area contributed by atoms with Crippen LogP contribution in [0.4, 0.5) is 34.6 Å². The van der Waals surface area contributed by atoms with Gasteiger partial charge in [0.2, 0.25) is 5.91 Å². The summed E-state index contributed by atoms with van der Waals surface area (Å²) in [6, 6.07) is 7.84. The van der Waals surface area contributed by atoms with E-state index in [1.165, 1.54) is 36.5 Å². The molecule has 5 nitrogen and oxygen atoms in total. The Balaban J connectivity index is 1.60. The van der Waals surface area contributed by atoms with Gasteiger partial charge < -0.3 is 15.1 Å². The average Bonchev–Trinajstić information content (AvgIpc) is 3.06. The lowest BCUT2D eigenvalue weighted by atomic mass is 10.0. The van der Waals surface area contributed by atoms with E-state index in [9.17, 15) is 22.4 Å². The Hall–Kier alpha value is -2.94. The van der Waals surface area contributed by atoms with Crippen molar-refractivity contribution >= 4 is 29.2 Å². The number of likely N-dealkylation sites (N-methyl/N-ethyl adjacent to an activating group) is 1. The van der Waals surface area contributed by atoms with E-state index in [4.69, 9.17) is 0 Å². The number of amides is 1. The smallest absolute Gasteiger partial charge is 0.368 e. The Morgan fingerprint density at radius 3 is 2.55 bits per heavy atom. The molecule has 1 saturated heterocycles. The SMILES string of the molecule is CCN1CCN(c2ccc(N=CC3C(=O)Nc4ccc(F)cc43)cc2C(F)(F)F)CC1. The first-order chi connectivity index (χ1) is 14.8. The molecular formula is C22H22F4N4O. The lowest BCUT2D eigenvalue weighted by Gasteiger charge is -2.36. The summed E-state index contributed by atoms with van der Waals surface area (Å²) in [6.45, 7) is 5.35. The van der Waals surface area contributed by atoms with Gasteiger partial charge in [-0.2, -0.15) is 13.2 Å². The fourth-order valence-corrected chi connectivity index (χ4v) is 3.98. The Kier molecular flexibility index (Phi) is 5.70. The number of carbonyl (C=O) groups excluding carboxylic acids is 1. The third-order valence-electron chi connectivity index (χ3n) is 5.71. The van der Waals surface area contributed by atoms with Crippen LogP contribution in [0, 0.1) is 5.82 Å². The molecule has 0 bridgehead atoms. The number of halogens is 4. The van der Waals surface area contributed by atoms with Gasteiger partial charge in [-0.15, -0.1) is 0 Å². The van der Waals surface area contributed by atoms with Gasteiger partial charge in [0.05, 0.1) is 11.3 Å². The fraction of sp³-hybridized carbons (Fsp3) is 0.364. The molecule has 0 aromatic heterocycles. The number of piperazine rings is 1. The molecule has 1 N–H and O–H groups in total. The minimum atomic E-state index is -4.54. The second-order valence-corrected chi connectivity index (χ2v) is 7.60. The lowest BCUT2D eigenvalue weighted by molar-refractivity contribution is -0.137. The van der Waals surface area contributed by atoms with Crippen LogP contribution in [-0.2, 0) is 11.0 Å². The van der Waals surface area contributed by atoms with Crippen molar-refractivity contribution in [1.82, 2.24) is 4.90 Å². The van der Waals surface area contributed by atoms with E-state index >= 15 is 0 Å². The molecule has 1 amide bonds. The molecule has 1 unspecified atom stereocenters. The first kappa shape index (κ1) is 21.3. The summed E-state index contributed by atoms with van der Waals surface area (Å²) < 4.78 is 54.9. The topological polar surface area (TPSA) is 47.9 Å². The first-order valence-electron chi connectivity index (χ1n) is 10.1. The van der Waals surface area contributed by atoms with Gasteiger partial charge >= 0.3 is 6.18 Å². The largest absolute Gasteiger partial charge is 0.418 e. The Labute approximate surface area is 177 Å². The van der Waals surface area contributed by atoms with Gasteiger partial charge in [0, 0.05) is 43.8 Å². The number of nitrogens with one attached hydrogen (secondary N) is 1. The van der Waals surface area contributed by atoms with Crippen LogP contribution in [0.3, 0.4) is 0 Å². The predicted molar refractivity (Wildman–Crippen MR) is 112 cm³/mol. The number of rotatable bonds is 4. The zero-order valence-electron chi connectivity index (χ0n) is 16.9. The van der Waals surface area contributed by atoms with Gasteiger partial charge in [0.1, 0.15) is 11.7 Å². The fourth-order valence-electron chi connectivity index (χ4n) is 3.98.